The predicted molar refractivity (Wildman–Crippen MR) is 42.0 cm³/mol. The number of rotatable bonds is 2. The fraction of sp³-hybridized carbons (Fsp3) is 0.571. The van der Waals surface area contributed by atoms with E-state index in [1.54, 1.807) is 0 Å². The molecular weight excluding hydrogens is 142 g/mol. The van der Waals surface area contributed by atoms with Gasteiger partial charge in [-0.1, -0.05) is 0 Å². The molecule has 0 unspecified atom stereocenters. The van der Waals surface area contributed by atoms with Crippen LogP contribution in [0, 0.1) is 0 Å². The molecule has 0 radical (unpaired) electrons. The Kier molecular flexibility index (Phi) is 8.13. The fourth-order valence-electron chi connectivity index (χ4n) is 0.409. The molecule has 1 heterocycles. The molecule has 1 aromatic rings. The lowest BCUT2D eigenvalue weighted by atomic mass is 10.8. The number of ether oxygens (including phenoxy) is 1. The van der Waals surface area contributed by atoms with Gasteiger partial charge in [0.15, 0.2) is 0 Å². The van der Waals surface area contributed by atoms with Crippen molar-refractivity contribution < 1.29 is 4.74 Å². The summed E-state index contributed by atoms with van der Waals surface area (Å²) >= 11 is 0. The van der Waals surface area contributed by atoms with Gasteiger partial charge >= 0.3 is 0 Å². The zero-order valence-corrected chi connectivity index (χ0v) is 6.90. The van der Waals surface area contributed by atoms with Crippen molar-refractivity contribution in [3.8, 4) is 0 Å². The highest BCUT2D eigenvalue weighted by molar-refractivity contribution is 4.51. The van der Waals surface area contributed by atoms with Crippen LogP contribution in [0.15, 0.2) is 19.0 Å². The van der Waals surface area contributed by atoms with Crippen LogP contribution in [-0.4, -0.2) is 28.2 Å². The summed E-state index contributed by atoms with van der Waals surface area (Å²) in [5.74, 6) is 0. The van der Waals surface area contributed by atoms with Gasteiger partial charge in [0.1, 0.15) is 19.0 Å². The summed E-state index contributed by atoms with van der Waals surface area (Å²) in [5.41, 5.74) is 0. The third-order valence-electron chi connectivity index (χ3n) is 0.808. The molecule has 1 rings (SSSR count). The molecule has 4 heteroatoms. The highest BCUT2D eigenvalue weighted by Gasteiger charge is 1.64. The molecule has 0 N–H and O–H groups in total. The van der Waals surface area contributed by atoms with E-state index < -0.39 is 0 Å². The summed E-state index contributed by atoms with van der Waals surface area (Å²) in [5, 5.41) is 0. The minimum Gasteiger partial charge on any atom is -0.382 e. The normalized spacial score (nSPS) is 8.18. The summed E-state index contributed by atoms with van der Waals surface area (Å²) in [6, 6.07) is 0. The first kappa shape index (κ1) is 9.97. The average Bonchev–Trinajstić information content (AvgIpc) is 2.10. The molecule has 0 saturated heterocycles. The number of nitrogens with zero attached hydrogens (tertiary/aromatic N) is 3. The van der Waals surface area contributed by atoms with E-state index in [0.29, 0.717) is 0 Å². The van der Waals surface area contributed by atoms with Crippen LogP contribution in [0.1, 0.15) is 13.8 Å². The first-order valence-corrected chi connectivity index (χ1v) is 3.54. The van der Waals surface area contributed by atoms with Crippen molar-refractivity contribution in [1.82, 2.24) is 15.0 Å². The molecule has 0 aromatic carbocycles. The van der Waals surface area contributed by atoms with Gasteiger partial charge < -0.3 is 4.74 Å². The second kappa shape index (κ2) is 8.97. The average molecular weight is 155 g/mol. The van der Waals surface area contributed by atoms with E-state index in [9.17, 15) is 0 Å². The molecule has 0 spiro atoms. The van der Waals surface area contributed by atoms with Crippen molar-refractivity contribution in [1.29, 1.82) is 0 Å². The first-order chi connectivity index (χ1) is 5.41. The Balaban J connectivity index is 0.000000187. The molecule has 0 aliphatic rings. The Bertz CT molecular complexity index is 117. The van der Waals surface area contributed by atoms with Crippen LogP contribution in [-0.2, 0) is 4.74 Å². The van der Waals surface area contributed by atoms with Crippen molar-refractivity contribution in [2.75, 3.05) is 13.2 Å². The largest absolute Gasteiger partial charge is 0.382 e. The molecule has 0 bridgehead atoms. The van der Waals surface area contributed by atoms with Crippen molar-refractivity contribution >= 4 is 0 Å². The maximum absolute atomic E-state index is 4.83. The Morgan fingerprint density at radius 3 is 1.36 bits per heavy atom. The van der Waals surface area contributed by atoms with Crippen LogP contribution < -0.4 is 0 Å². The van der Waals surface area contributed by atoms with Crippen LogP contribution >= 0.6 is 0 Å². The van der Waals surface area contributed by atoms with Gasteiger partial charge in [0, 0.05) is 13.2 Å². The van der Waals surface area contributed by atoms with Crippen LogP contribution in [0.25, 0.3) is 0 Å². The predicted octanol–water partition coefficient (Wildman–Crippen LogP) is 0.914. The smallest absolute Gasteiger partial charge is 0.119 e. The lowest BCUT2D eigenvalue weighted by molar-refractivity contribution is 0.162. The third-order valence-corrected chi connectivity index (χ3v) is 0.808. The van der Waals surface area contributed by atoms with Gasteiger partial charge in [-0.3, -0.25) is 0 Å². The van der Waals surface area contributed by atoms with Crippen molar-refractivity contribution in [3.63, 3.8) is 0 Å². The van der Waals surface area contributed by atoms with Crippen LogP contribution in [0.3, 0.4) is 0 Å². The van der Waals surface area contributed by atoms with Gasteiger partial charge in [0.2, 0.25) is 0 Å². The molecule has 0 atom stereocenters. The lowest BCUT2D eigenvalue weighted by Crippen LogP contribution is -1.84. The molecule has 0 saturated carbocycles. The quantitative estimate of drug-likeness (QED) is 0.637. The second-order valence-corrected chi connectivity index (χ2v) is 1.58. The Hall–Kier alpha value is -1.03. The van der Waals surface area contributed by atoms with Gasteiger partial charge in [-0.15, -0.1) is 0 Å². The van der Waals surface area contributed by atoms with E-state index in [1.165, 1.54) is 19.0 Å². The standard InChI is InChI=1S/C4H10O.C3H3N3/c1-3-5-4-2;1-4-2-6-3-5-1/h3-4H2,1-2H3;1-3H. The summed E-state index contributed by atoms with van der Waals surface area (Å²) in [6.07, 6.45) is 4.31. The minimum atomic E-state index is 0.844. The minimum absolute atomic E-state index is 0.844. The molecule has 0 aliphatic heterocycles. The van der Waals surface area contributed by atoms with Crippen LogP contribution in [0.2, 0.25) is 0 Å². The topological polar surface area (TPSA) is 47.9 Å². The zero-order chi connectivity index (χ0) is 8.36. The molecule has 0 amide bonds. The van der Waals surface area contributed by atoms with Gasteiger partial charge in [-0.05, 0) is 13.8 Å². The fourth-order valence-corrected chi connectivity index (χ4v) is 0.409. The molecule has 62 valence electrons. The van der Waals surface area contributed by atoms with Crippen molar-refractivity contribution in [2.24, 2.45) is 0 Å². The summed E-state index contributed by atoms with van der Waals surface area (Å²) in [7, 11) is 0. The zero-order valence-electron chi connectivity index (χ0n) is 6.90. The van der Waals surface area contributed by atoms with Crippen molar-refractivity contribution in [3.05, 3.63) is 19.0 Å². The van der Waals surface area contributed by atoms with E-state index in [-0.39, 0.29) is 0 Å². The first-order valence-electron chi connectivity index (χ1n) is 3.54. The van der Waals surface area contributed by atoms with Gasteiger partial charge in [-0.25, -0.2) is 15.0 Å². The molecular formula is C7H13N3O. The monoisotopic (exact) mass is 155 g/mol. The molecule has 0 aliphatic carbocycles. The summed E-state index contributed by atoms with van der Waals surface area (Å²) in [4.78, 5) is 10.7. The van der Waals surface area contributed by atoms with E-state index >= 15 is 0 Å². The molecule has 1 aromatic heterocycles. The van der Waals surface area contributed by atoms with Gasteiger partial charge in [0.25, 0.3) is 0 Å². The Labute approximate surface area is 66.7 Å². The lowest BCUT2D eigenvalue weighted by Gasteiger charge is -1.86. The highest BCUT2D eigenvalue weighted by Crippen LogP contribution is 1.64. The second-order valence-electron chi connectivity index (χ2n) is 1.58. The molecule has 4 nitrogen and oxygen atoms in total. The Morgan fingerprint density at radius 2 is 1.27 bits per heavy atom. The summed E-state index contributed by atoms with van der Waals surface area (Å²) in [6.45, 7) is 5.67. The van der Waals surface area contributed by atoms with Crippen LogP contribution in [0.4, 0.5) is 0 Å². The Morgan fingerprint density at radius 1 is 0.909 bits per heavy atom. The van der Waals surface area contributed by atoms with E-state index in [2.05, 4.69) is 15.0 Å². The van der Waals surface area contributed by atoms with Gasteiger partial charge in [0.05, 0.1) is 0 Å². The molecule has 11 heavy (non-hydrogen) atoms. The van der Waals surface area contributed by atoms with Gasteiger partial charge in [-0.2, -0.15) is 0 Å². The van der Waals surface area contributed by atoms with E-state index in [0.717, 1.165) is 13.2 Å². The van der Waals surface area contributed by atoms with Crippen molar-refractivity contribution in [2.45, 2.75) is 13.8 Å². The number of hydrogen-bond acceptors (Lipinski definition) is 4. The third kappa shape index (κ3) is 8.97. The number of aromatic nitrogens is 3. The highest BCUT2D eigenvalue weighted by atomic mass is 16.5. The van der Waals surface area contributed by atoms with E-state index in [1.807, 2.05) is 13.8 Å². The maximum Gasteiger partial charge on any atom is 0.119 e. The van der Waals surface area contributed by atoms with Crippen LogP contribution in [0.5, 0.6) is 0 Å². The molecule has 0 fully saturated rings. The number of hydrogen-bond donors (Lipinski definition) is 0. The maximum atomic E-state index is 4.83. The SMILES string of the molecule is CCOCC.c1ncncn1. The van der Waals surface area contributed by atoms with E-state index in [4.69, 9.17) is 4.74 Å². The summed E-state index contributed by atoms with van der Waals surface area (Å²) < 4.78 is 4.83.